The summed E-state index contributed by atoms with van der Waals surface area (Å²) in [5.74, 6) is 1.34. The van der Waals surface area contributed by atoms with E-state index in [9.17, 15) is 4.79 Å². The van der Waals surface area contributed by atoms with Gasteiger partial charge in [-0.15, -0.1) is 0 Å². The molecule has 224 valence electrons. The number of nitrogens with zero attached hydrogens (tertiary/aromatic N) is 2. The van der Waals surface area contributed by atoms with Crippen molar-refractivity contribution in [2.24, 2.45) is 17.3 Å². The fourth-order valence-corrected chi connectivity index (χ4v) is 5.73. The third kappa shape index (κ3) is 6.60. The summed E-state index contributed by atoms with van der Waals surface area (Å²) in [5, 5.41) is 0. The van der Waals surface area contributed by atoms with Gasteiger partial charge in [-0.05, 0) is 63.9 Å². The highest BCUT2D eigenvalue weighted by molar-refractivity contribution is 7.59. The van der Waals surface area contributed by atoms with Crippen LogP contribution in [-0.2, 0) is 18.8 Å². The molecule has 1 amide bonds. The minimum absolute atomic E-state index is 0. The van der Waals surface area contributed by atoms with Gasteiger partial charge < -0.3 is 23.9 Å². The lowest BCUT2D eigenvalue weighted by molar-refractivity contribution is -0.138. The third-order valence-corrected chi connectivity index (χ3v) is 9.24. The maximum atomic E-state index is 13.5. The van der Waals surface area contributed by atoms with Crippen LogP contribution in [-0.4, -0.2) is 58.9 Å². The molecule has 3 saturated heterocycles. The van der Waals surface area contributed by atoms with Crippen LogP contribution in [0.15, 0.2) is 30.5 Å². The average Bonchev–Trinajstić information content (AvgIpc) is 3.53. The normalized spacial score (nSPS) is 25.8. The first-order chi connectivity index (χ1) is 17.4. The van der Waals surface area contributed by atoms with Gasteiger partial charge in [-0.1, -0.05) is 45.0 Å². The van der Waals surface area contributed by atoms with Gasteiger partial charge in [0.05, 0.1) is 35.7 Å². The van der Waals surface area contributed by atoms with Crippen LogP contribution in [0.4, 0.5) is 0 Å². The molecule has 1 aromatic heterocycles. The van der Waals surface area contributed by atoms with E-state index in [-0.39, 0.29) is 82.1 Å². The minimum Gasteiger partial charge on any atom is -0.399 e. The van der Waals surface area contributed by atoms with E-state index in [0.29, 0.717) is 5.92 Å². The van der Waals surface area contributed by atoms with Crippen molar-refractivity contribution in [1.29, 1.82) is 0 Å². The van der Waals surface area contributed by atoms with Gasteiger partial charge in [0.25, 0.3) is 0 Å². The van der Waals surface area contributed by atoms with Crippen molar-refractivity contribution in [3.8, 4) is 11.3 Å². The summed E-state index contributed by atoms with van der Waals surface area (Å²) in [7, 11) is -0.383. The Kier molecular flexibility index (Phi) is 11.4. The quantitative estimate of drug-likeness (QED) is 0.479. The fraction of sp³-hybridized carbons (Fsp3) is 0.655. The Bertz CT molecular complexity index is 1120. The standard InChI is InChI=1S/C29H42BN3O4.3H2S/c1-19(2)20(3)26(34)33-17-29(13-8-14-35-18-29)15-24(33)25-31-16-23(32-25)21-9-11-22(12-10-21)30-36-27(4,5)28(6,7)37-30;;;/h9-12,16,19-20,24H,8,13-15,17-18H2,1-7H3,(H,31,32);3*1H2/t20-,24-,29-;;;/m0.../s1. The zero-order valence-electron chi connectivity index (χ0n) is 25.0. The van der Waals surface area contributed by atoms with Gasteiger partial charge in [-0.25, -0.2) is 4.98 Å². The highest BCUT2D eigenvalue weighted by atomic mass is 32.1. The second kappa shape index (κ2) is 13.0. The molecule has 1 aromatic carbocycles. The van der Waals surface area contributed by atoms with Crippen molar-refractivity contribution in [2.75, 3.05) is 19.8 Å². The van der Waals surface area contributed by atoms with Crippen LogP contribution < -0.4 is 5.46 Å². The number of hydrogen-bond acceptors (Lipinski definition) is 5. The van der Waals surface area contributed by atoms with Crippen molar-refractivity contribution in [3.05, 3.63) is 36.3 Å². The first-order valence-corrected chi connectivity index (χ1v) is 13.8. The van der Waals surface area contributed by atoms with E-state index in [1.807, 2.05) is 13.1 Å². The number of hydrogen-bond donors (Lipinski definition) is 1. The summed E-state index contributed by atoms with van der Waals surface area (Å²) in [6.07, 6.45) is 4.91. The molecule has 0 saturated carbocycles. The van der Waals surface area contributed by atoms with E-state index in [2.05, 4.69) is 75.7 Å². The number of aromatic amines is 1. The summed E-state index contributed by atoms with van der Waals surface area (Å²) in [5.41, 5.74) is 2.27. The zero-order valence-corrected chi connectivity index (χ0v) is 28.0. The first-order valence-electron chi connectivity index (χ1n) is 13.8. The molecule has 2 aromatic rings. The van der Waals surface area contributed by atoms with E-state index in [1.54, 1.807) is 0 Å². The molecule has 1 spiro atoms. The Morgan fingerprint density at radius 3 is 2.23 bits per heavy atom. The molecule has 7 nitrogen and oxygen atoms in total. The first kappa shape index (κ1) is 35.1. The number of carbonyl (C=O) groups is 1. The Balaban J connectivity index is 0.00000187. The molecule has 5 rings (SSSR count). The lowest BCUT2D eigenvalue weighted by Crippen LogP contribution is -2.41. The lowest BCUT2D eigenvalue weighted by atomic mass is 9.79. The summed E-state index contributed by atoms with van der Waals surface area (Å²) in [6, 6.07) is 8.21. The number of benzene rings is 1. The van der Waals surface area contributed by atoms with Gasteiger partial charge in [-0.3, -0.25) is 4.79 Å². The fourth-order valence-electron chi connectivity index (χ4n) is 5.73. The molecule has 3 atom stereocenters. The number of likely N-dealkylation sites (tertiary alicyclic amines) is 1. The van der Waals surface area contributed by atoms with Crippen molar-refractivity contribution in [3.63, 3.8) is 0 Å². The molecule has 11 heteroatoms. The Labute approximate surface area is 261 Å². The Morgan fingerprint density at radius 1 is 1.05 bits per heavy atom. The topological polar surface area (TPSA) is 76.7 Å². The van der Waals surface area contributed by atoms with Gasteiger partial charge >= 0.3 is 7.12 Å². The number of nitrogens with one attached hydrogen (secondary N) is 1. The number of carbonyl (C=O) groups excluding carboxylic acids is 1. The zero-order chi connectivity index (χ0) is 26.6. The van der Waals surface area contributed by atoms with Crippen LogP contribution in [0.3, 0.4) is 0 Å². The molecule has 3 aliphatic rings. The second-order valence-electron chi connectivity index (χ2n) is 12.8. The number of rotatable bonds is 5. The van der Waals surface area contributed by atoms with Gasteiger partial charge in [0, 0.05) is 24.5 Å². The second-order valence-corrected chi connectivity index (χ2v) is 12.8. The molecule has 40 heavy (non-hydrogen) atoms. The predicted octanol–water partition coefficient (Wildman–Crippen LogP) is 5.08. The molecule has 1 N–H and O–H groups in total. The van der Waals surface area contributed by atoms with Gasteiger partial charge in [0.1, 0.15) is 5.82 Å². The monoisotopic (exact) mass is 609 g/mol. The van der Waals surface area contributed by atoms with Crippen LogP contribution in [0.5, 0.6) is 0 Å². The highest BCUT2D eigenvalue weighted by Gasteiger charge is 2.52. The molecular weight excluding hydrogens is 561 g/mol. The van der Waals surface area contributed by atoms with Gasteiger partial charge in [0.15, 0.2) is 0 Å². The molecule has 3 fully saturated rings. The molecule has 3 aliphatic heterocycles. The van der Waals surface area contributed by atoms with Crippen molar-refractivity contribution < 1.29 is 18.8 Å². The van der Waals surface area contributed by atoms with Gasteiger partial charge in [0.2, 0.25) is 5.91 Å². The van der Waals surface area contributed by atoms with Crippen LogP contribution in [0.25, 0.3) is 11.3 Å². The molecule has 0 unspecified atom stereocenters. The Hall–Kier alpha value is -1.11. The highest BCUT2D eigenvalue weighted by Crippen LogP contribution is 2.48. The SMILES string of the molecule is CC(C)[C@H](C)C(=O)N1C[C@]2(CCCOC2)C[C@H]1c1ncc(-c2ccc(B3OC(C)(C)C(C)(C)O3)cc2)[nH]1.S.S.S. The predicted molar refractivity (Wildman–Crippen MR) is 176 cm³/mol. The van der Waals surface area contributed by atoms with Crippen LogP contribution >= 0.6 is 40.5 Å². The van der Waals surface area contributed by atoms with Crippen molar-refractivity contribution in [2.45, 2.75) is 85.0 Å². The maximum Gasteiger partial charge on any atom is 0.494 e. The van der Waals surface area contributed by atoms with E-state index >= 15 is 0 Å². The molecular formula is C29H48BN3O4S3. The van der Waals surface area contributed by atoms with Crippen LogP contribution in [0.2, 0.25) is 0 Å². The van der Waals surface area contributed by atoms with E-state index < -0.39 is 0 Å². The van der Waals surface area contributed by atoms with E-state index in [1.165, 1.54) is 0 Å². The largest absolute Gasteiger partial charge is 0.494 e. The summed E-state index contributed by atoms with van der Waals surface area (Å²) in [6.45, 7) is 16.8. The number of imidazole rings is 1. The molecule has 0 radical (unpaired) electrons. The van der Waals surface area contributed by atoms with Gasteiger partial charge in [-0.2, -0.15) is 40.5 Å². The molecule has 0 aliphatic carbocycles. The summed E-state index contributed by atoms with van der Waals surface area (Å²) < 4.78 is 18.3. The average molecular weight is 610 g/mol. The van der Waals surface area contributed by atoms with Crippen LogP contribution in [0.1, 0.15) is 79.6 Å². The van der Waals surface area contributed by atoms with Crippen molar-refractivity contribution in [1.82, 2.24) is 14.9 Å². The van der Waals surface area contributed by atoms with Crippen molar-refractivity contribution >= 4 is 59.0 Å². The summed E-state index contributed by atoms with van der Waals surface area (Å²) in [4.78, 5) is 24.0. The lowest BCUT2D eigenvalue weighted by Gasteiger charge is -2.33. The molecule has 4 heterocycles. The number of aromatic nitrogens is 2. The minimum atomic E-state index is -0.383. The summed E-state index contributed by atoms with van der Waals surface area (Å²) >= 11 is 0. The Morgan fingerprint density at radius 2 is 1.68 bits per heavy atom. The smallest absolute Gasteiger partial charge is 0.399 e. The number of ether oxygens (including phenoxy) is 1. The third-order valence-electron chi connectivity index (χ3n) is 9.24. The number of H-pyrrole nitrogens is 1. The van der Waals surface area contributed by atoms with E-state index in [4.69, 9.17) is 19.0 Å². The van der Waals surface area contributed by atoms with E-state index in [0.717, 1.165) is 61.6 Å². The maximum absolute atomic E-state index is 13.5. The molecule has 0 bridgehead atoms. The number of amides is 1. The van der Waals surface area contributed by atoms with Crippen LogP contribution in [0, 0.1) is 17.3 Å².